The van der Waals surface area contributed by atoms with Crippen LogP contribution in [0.1, 0.15) is 25.7 Å². The van der Waals surface area contributed by atoms with E-state index in [9.17, 15) is 0 Å². The summed E-state index contributed by atoms with van der Waals surface area (Å²) < 4.78 is 8.10. The summed E-state index contributed by atoms with van der Waals surface area (Å²) >= 11 is 6.34. The number of imidazole rings is 1. The van der Waals surface area contributed by atoms with Crippen LogP contribution in [0.5, 0.6) is 6.01 Å². The molecule has 2 aliphatic rings. The second-order valence-electron chi connectivity index (χ2n) is 7.02. The van der Waals surface area contributed by atoms with Crippen LogP contribution in [0.4, 0.5) is 11.5 Å². The Morgan fingerprint density at radius 2 is 2.21 bits per heavy atom. The van der Waals surface area contributed by atoms with Crippen LogP contribution < -0.4 is 10.1 Å². The van der Waals surface area contributed by atoms with Crippen LogP contribution in [-0.4, -0.2) is 21.1 Å². The van der Waals surface area contributed by atoms with E-state index < -0.39 is 0 Å². The maximum absolute atomic E-state index is 6.34. The number of hydrogen-bond donors (Lipinski definition) is 2. The Morgan fingerprint density at radius 1 is 1.29 bits per heavy atom. The van der Waals surface area contributed by atoms with Gasteiger partial charge in [0.2, 0.25) is 0 Å². The van der Waals surface area contributed by atoms with Crippen molar-refractivity contribution in [2.75, 3.05) is 11.9 Å². The smallest absolute Gasteiger partial charge is 0.298 e. The van der Waals surface area contributed by atoms with Crippen LogP contribution >= 0.6 is 11.6 Å². The van der Waals surface area contributed by atoms with Crippen LogP contribution in [-0.2, 0) is 6.54 Å². The minimum atomic E-state index is 0.403. The average Bonchev–Trinajstić information content (AvgIpc) is 3.09. The molecule has 5 nitrogen and oxygen atoms in total. The van der Waals surface area contributed by atoms with E-state index in [1.807, 2.05) is 30.6 Å². The molecule has 0 radical (unpaired) electrons. The molecule has 1 aliphatic heterocycles. The van der Waals surface area contributed by atoms with Gasteiger partial charge in [0.1, 0.15) is 0 Å². The van der Waals surface area contributed by atoms with Crippen molar-refractivity contribution in [3.63, 3.8) is 0 Å². The minimum absolute atomic E-state index is 0.403. The third kappa shape index (κ3) is 2.26. The summed E-state index contributed by atoms with van der Waals surface area (Å²) in [6, 6.07) is 6.65. The van der Waals surface area contributed by atoms with Crippen molar-refractivity contribution in [2.24, 2.45) is 5.41 Å². The first-order valence-electron chi connectivity index (χ1n) is 8.45. The Balaban J connectivity index is 1.39. The SMILES string of the molecule is Clc1cc(Nc2cn3c(n2)OCC2(CCC2)CC3)cc2[nH]ccc12. The Morgan fingerprint density at radius 3 is 3.04 bits per heavy atom. The van der Waals surface area contributed by atoms with E-state index in [1.165, 1.54) is 25.7 Å². The number of halogens is 1. The zero-order valence-electron chi connectivity index (χ0n) is 13.3. The number of anilines is 2. The first-order valence-corrected chi connectivity index (χ1v) is 8.82. The fourth-order valence-electron chi connectivity index (χ4n) is 3.79. The first kappa shape index (κ1) is 14.2. The summed E-state index contributed by atoms with van der Waals surface area (Å²) in [6.45, 7) is 1.77. The summed E-state index contributed by atoms with van der Waals surface area (Å²) in [7, 11) is 0. The van der Waals surface area contributed by atoms with E-state index >= 15 is 0 Å². The molecule has 0 amide bonds. The molecular weight excluding hydrogens is 324 g/mol. The van der Waals surface area contributed by atoms with Gasteiger partial charge >= 0.3 is 0 Å². The van der Waals surface area contributed by atoms with Crippen molar-refractivity contribution in [3.8, 4) is 6.01 Å². The first-order chi connectivity index (χ1) is 11.7. The normalized spacial score (nSPS) is 18.7. The lowest BCUT2D eigenvalue weighted by Gasteiger charge is -2.39. The molecule has 6 heteroatoms. The Bertz CT molecular complexity index is 882. The highest BCUT2D eigenvalue weighted by Crippen LogP contribution is 2.46. The molecule has 1 fully saturated rings. The number of aromatic nitrogens is 3. The van der Waals surface area contributed by atoms with Crippen molar-refractivity contribution < 1.29 is 4.74 Å². The Kier molecular flexibility index (Phi) is 3.07. The van der Waals surface area contributed by atoms with Gasteiger partial charge in [-0.15, -0.1) is 0 Å². The van der Waals surface area contributed by atoms with E-state index in [2.05, 4.69) is 19.9 Å². The number of hydrogen-bond acceptors (Lipinski definition) is 3. The zero-order valence-corrected chi connectivity index (χ0v) is 14.1. The third-order valence-corrected chi connectivity index (χ3v) is 5.75. The van der Waals surface area contributed by atoms with Crippen LogP contribution in [0.15, 0.2) is 30.6 Å². The lowest BCUT2D eigenvalue weighted by molar-refractivity contribution is 0.0550. The summed E-state index contributed by atoms with van der Waals surface area (Å²) in [5.41, 5.74) is 2.33. The van der Waals surface area contributed by atoms with Gasteiger partial charge in [-0.1, -0.05) is 18.0 Å². The number of H-pyrrole nitrogens is 1. The van der Waals surface area contributed by atoms with Crippen molar-refractivity contribution in [1.29, 1.82) is 0 Å². The fourth-order valence-corrected chi connectivity index (χ4v) is 4.08. The van der Waals surface area contributed by atoms with Gasteiger partial charge in [-0.25, -0.2) is 0 Å². The van der Waals surface area contributed by atoms with E-state index in [0.29, 0.717) is 11.4 Å². The van der Waals surface area contributed by atoms with Gasteiger partial charge in [0.05, 0.1) is 17.8 Å². The van der Waals surface area contributed by atoms with Crippen molar-refractivity contribution >= 4 is 34.0 Å². The van der Waals surface area contributed by atoms with Gasteiger partial charge in [0.25, 0.3) is 6.01 Å². The second-order valence-corrected chi connectivity index (χ2v) is 7.42. The van der Waals surface area contributed by atoms with Crippen LogP contribution in [0.25, 0.3) is 10.9 Å². The molecule has 24 heavy (non-hydrogen) atoms. The fraction of sp³-hybridized carbons (Fsp3) is 0.389. The standard InChI is InChI=1S/C18H19ClN4O/c19-14-8-12(9-15-13(14)2-6-20-15)21-16-10-23-7-5-18(3-1-4-18)11-24-17(23)22-16/h2,6,8-10,20-21H,1,3-5,7,11H2. The molecule has 2 N–H and O–H groups in total. The van der Waals surface area contributed by atoms with Crippen LogP contribution in [0, 0.1) is 5.41 Å². The molecule has 0 bridgehead atoms. The van der Waals surface area contributed by atoms with Gasteiger partial charge in [0, 0.05) is 34.7 Å². The quantitative estimate of drug-likeness (QED) is 0.708. The maximum atomic E-state index is 6.34. The highest BCUT2D eigenvalue weighted by Gasteiger charge is 2.39. The molecule has 3 heterocycles. The zero-order chi connectivity index (χ0) is 16.1. The molecule has 3 aromatic rings. The monoisotopic (exact) mass is 342 g/mol. The lowest BCUT2D eigenvalue weighted by atomic mass is 9.67. The molecule has 0 saturated heterocycles. The molecule has 5 rings (SSSR count). The highest BCUT2D eigenvalue weighted by molar-refractivity contribution is 6.35. The number of nitrogens with zero attached hydrogens (tertiary/aromatic N) is 2. The lowest BCUT2D eigenvalue weighted by Crippen LogP contribution is -2.35. The van der Waals surface area contributed by atoms with Gasteiger partial charge < -0.3 is 15.0 Å². The summed E-state index contributed by atoms with van der Waals surface area (Å²) in [4.78, 5) is 7.79. The predicted molar refractivity (Wildman–Crippen MR) is 95.2 cm³/mol. The van der Waals surface area contributed by atoms with Crippen molar-refractivity contribution in [1.82, 2.24) is 14.5 Å². The number of aryl methyl sites for hydroxylation is 1. The van der Waals surface area contributed by atoms with Crippen LogP contribution in [0.3, 0.4) is 0 Å². The largest absolute Gasteiger partial charge is 0.464 e. The number of aromatic amines is 1. The molecule has 0 atom stereocenters. The number of fused-ring (bicyclic) bond motifs is 2. The second kappa shape index (κ2) is 5.18. The van der Waals surface area contributed by atoms with Gasteiger partial charge in [-0.2, -0.15) is 4.98 Å². The van der Waals surface area contributed by atoms with Crippen LogP contribution in [0.2, 0.25) is 5.02 Å². The molecular formula is C18H19ClN4O. The summed E-state index contributed by atoms with van der Waals surface area (Å²) in [6.07, 6.45) is 9.01. The van der Waals surface area contributed by atoms with Gasteiger partial charge in [0.15, 0.2) is 5.82 Å². The number of rotatable bonds is 2. The van der Waals surface area contributed by atoms with Crippen molar-refractivity contribution in [3.05, 3.63) is 35.6 Å². The predicted octanol–water partition coefficient (Wildman–Crippen LogP) is 4.71. The number of ether oxygens (including phenoxy) is 1. The molecule has 2 aromatic heterocycles. The molecule has 1 saturated carbocycles. The number of benzene rings is 1. The Labute approximate surface area is 145 Å². The van der Waals surface area contributed by atoms with E-state index in [1.54, 1.807) is 0 Å². The molecule has 1 aromatic carbocycles. The Hall–Kier alpha value is -2.14. The number of nitrogens with one attached hydrogen (secondary N) is 2. The maximum Gasteiger partial charge on any atom is 0.298 e. The third-order valence-electron chi connectivity index (χ3n) is 5.44. The average molecular weight is 343 g/mol. The summed E-state index contributed by atoms with van der Waals surface area (Å²) in [5, 5.41) is 5.08. The topological polar surface area (TPSA) is 54.9 Å². The van der Waals surface area contributed by atoms with E-state index in [4.69, 9.17) is 16.3 Å². The van der Waals surface area contributed by atoms with E-state index in [-0.39, 0.29) is 0 Å². The molecule has 1 aliphatic carbocycles. The van der Waals surface area contributed by atoms with Gasteiger partial charge in [-0.05, 0) is 37.5 Å². The minimum Gasteiger partial charge on any atom is -0.464 e. The molecule has 1 spiro atoms. The van der Waals surface area contributed by atoms with E-state index in [0.717, 1.165) is 40.6 Å². The van der Waals surface area contributed by atoms with Crippen molar-refractivity contribution in [2.45, 2.75) is 32.2 Å². The molecule has 124 valence electrons. The molecule has 0 unspecified atom stereocenters. The highest BCUT2D eigenvalue weighted by atomic mass is 35.5. The van der Waals surface area contributed by atoms with Gasteiger partial charge in [-0.3, -0.25) is 4.57 Å². The summed E-state index contributed by atoms with van der Waals surface area (Å²) in [5.74, 6) is 0.788.